The summed E-state index contributed by atoms with van der Waals surface area (Å²) in [5.74, 6) is -2.47. The maximum atomic E-state index is 12.1. The third kappa shape index (κ3) is 3.06. The standard InChI is InChI=1S/C18H22O4/c1-13(16(19)20)18(17(21)22,15-10-6-3-7-11-15)12-14-8-4-2-5-9-14/h2,4-5,8-9,15H,1,3,6-7,10-12H2,(H,19,20)(H,21,22). The second-order valence-corrected chi connectivity index (χ2v) is 6.06. The topological polar surface area (TPSA) is 74.6 Å². The summed E-state index contributed by atoms with van der Waals surface area (Å²) in [7, 11) is 0. The van der Waals surface area contributed by atoms with Crippen LogP contribution in [0.25, 0.3) is 0 Å². The summed E-state index contributed by atoms with van der Waals surface area (Å²) in [6.07, 6.45) is 4.63. The molecule has 0 amide bonds. The van der Waals surface area contributed by atoms with Crippen LogP contribution < -0.4 is 0 Å². The van der Waals surface area contributed by atoms with Gasteiger partial charge in [-0.15, -0.1) is 0 Å². The fourth-order valence-corrected chi connectivity index (χ4v) is 3.58. The fourth-order valence-electron chi connectivity index (χ4n) is 3.58. The highest BCUT2D eigenvalue weighted by atomic mass is 16.4. The zero-order chi connectivity index (χ0) is 16.2. The van der Waals surface area contributed by atoms with Crippen molar-refractivity contribution in [2.24, 2.45) is 11.3 Å². The monoisotopic (exact) mass is 302 g/mol. The third-order valence-corrected chi connectivity index (χ3v) is 4.81. The van der Waals surface area contributed by atoms with Gasteiger partial charge >= 0.3 is 11.9 Å². The minimum absolute atomic E-state index is 0.178. The molecule has 1 aromatic carbocycles. The lowest BCUT2D eigenvalue weighted by Crippen LogP contribution is -2.45. The first kappa shape index (κ1) is 16.3. The predicted octanol–water partition coefficient (Wildman–Crippen LogP) is 3.52. The van der Waals surface area contributed by atoms with Crippen molar-refractivity contribution >= 4 is 11.9 Å². The van der Waals surface area contributed by atoms with Gasteiger partial charge in [-0.05, 0) is 30.7 Å². The smallest absolute Gasteiger partial charge is 0.332 e. The molecule has 0 heterocycles. The van der Waals surface area contributed by atoms with Crippen molar-refractivity contribution in [1.29, 1.82) is 0 Å². The second-order valence-electron chi connectivity index (χ2n) is 6.06. The minimum Gasteiger partial charge on any atom is -0.481 e. The van der Waals surface area contributed by atoms with Crippen molar-refractivity contribution in [3.8, 4) is 0 Å². The molecule has 0 aliphatic heterocycles. The molecule has 1 saturated carbocycles. The van der Waals surface area contributed by atoms with E-state index in [0.29, 0.717) is 0 Å². The summed E-state index contributed by atoms with van der Waals surface area (Å²) in [5, 5.41) is 19.3. The van der Waals surface area contributed by atoms with Crippen molar-refractivity contribution in [3.63, 3.8) is 0 Å². The van der Waals surface area contributed by atoms with Crippen molar-refractivity contribution in [1.82, 2.24) is 0 Å². The summed E-state index contributed by atoms with van der Waals surface area (Å²) in [5.41, 5.74) is -0.790. The van der Waals surface area contributed by atoms with Gasteiger partial charge in [0.2, 0.25) is 0 Å². The lowest BCUT2D eigenvalue weighted by atomic mass is 9.62. The number of benzene rings is 1. The molecule has 4 nitrogen and oxygen atoms in total. The summed E-state index contributed by atoms with van der Waals surface area (Å²) in [6.45, 7) is 3.64. The SMILES string of the molecule is C=C(C(=O)O)C(Cc1ccccc1)(C(=O)O)C1CCCCC1. The van der Waals surface area contributed by atoms with Gasteiger partial charge in [0.15, 0.2) is 0 Å². The van der Waals surface area contributed by atoms with Crippen LogP contribution in [0.3, 0.4) is 0 Å². The average molecular weight is 302 g/mol. The number of carboxylic acid groups (broad SMARTS) is 2. The van der Waals surface area contributed by atoms with E-state index >= 15 is 0 Å². The number of hydrogen-bond donors (Lipinski definition) is 2. The molecule has 0 radical (unpaired) electrons. The molecule has 1 aliphatic rings. The molecule has 2 N–H and O–H groups in total. The van der Waals surface area contributed by atoms with E-state index in [1.54, 1.807) is 0 Å². The summed E-state index contributed by atoms with van der Waals surface area (Å²) in [6, 6.07) is 9.22. The lowest BCUT2D eigenvalue weighted by molar-refractivity contribution is -0.154. The normalized spacial score (nSPS) is 18.4. The van der Waals surface area contributed by atoms with Crippen LogP contribution in [0.4, 0.5) is 0 Å². The van der Waals surface area contributed by atoms with Crippen LogP contribution in [-0.4, -0.2) is 22.2 Å². The zero-order valence-electron chi connectivity index (χ0n) is 12.6. The Morgan fingerprint density at radius 3 is 2.18 bits per heavy atom. The molecule has 1 aromatic rings. The van der Waals surface area contributed by atoms with Gasteiger partial charge in [-0.1, -0.05) is 56.2 Å². The maximum Gasteiger partial charge on any atom is 0.332 e. The summed E-state index contributed by atoms with van der Waals surface area (Å²) >= 11 is 0. The van der Waals surface area contributed by atoms with Gasteiger partial charge in [0, 0.05) is 5.57 Å². The van der Waals surface area contributed by atoms with Crippen LogP contribution in [-0.2, 0) is 16.0 Å². The van der Waals surface area contributed by atoms with Crippen molar-refractivity contribution in [3.05, 3.63) is 48.0 Å². The lowest BCUT2D eigenvalue weighted by Gasteiger charge is -2.39. The highest BCUT2D eigenvalue weighted by Crippen LogP contribution is 2.46. The quantitative estimate of drug-likeness (QED) is 0.788. The number of hydrogen-bond acceptors (Lipinski definition) is 2. The van der Waals surface area contributed by atoms with Gasteiger partial charge < -0.3 is 10.2 Å². The summed E-state index contributed by atoms with van der Waals surface area (Å²) < 4.78 is 0. The number of carbonyl (C=O) groups is 2. The maximum absolute atomic E-state index is 12.1. The van der Waals surface area contributed by atoms with E-state index in [4.69, 9.17) is 0 Å². The summed E-state index contributed by atoms with van der Waals surface area (Å²) in [4.78, 5) is 23.7. The van der Waals surface area contributed by atoms with Crippen molar-refractivity contribution in [2.75, 3.05) is 0 Å². The Hall–Kier alpha value is -2.10. The van der Waals surface area contributed by atoms with Crippen LogP contribution in [0.15, 0.2) is 42.5 Å². The number of carboxylic acids is 2. The van der Waals surface area contributed by atoms with Gasteiger partial charge in [-0.3, -0.25) is 4.79 Å². The van der Waals surface area contributed by atoms with E-state index in [1.807, 2.05) is 30.3 Å². The second kappa shape index (κ2) is 6.77. The van der Waals surface area contributed by atoms with E-state index in [0.717, 1.165) is 37.7 Å². The number of aliphatic carboxylic acids is 2. The Morgan fingerprint density at radius 1 is 1.09 bits per heavy atom. The molecule has 1 atom stereocenters. The molecule has 118 valence electrons. The van der Waals surface area contributed by atoms with Gasteiger partial charge in [-0.25, -0.2) is 4.79 Å². The van der Waals surface area contributed by atoms with Gasteiger partial charge in [0.25, 0.3) is 0 Å². The van der Waals surface area contributed by atoms with E-state index in [-0.39, 0.29) is 17.9 Å². The highest BCUT2D eigenvalue weighted by molar-refractivity contribution is 5.96. The van der Waals surface area contributed by atoms with Crippen LogP contribution in [0.5, 0.6) is 0 Å². The van der Waals surface area contributed by atoms with Crippen LogP contribution in [0.1, 0.15) is 37.7 Å². The Labute approximate surface area is 130 Å². The van der Waals surface area contributed by atoms with Gasteiger partial charge in [0.05, 0.1) is 0 Å². The molecule has 0 bridgehead atoms. The Bertz CT molecular complexity index is 558. The van der Waals surface area contributed by atoms with E-state index in [9.17, 15) is 19.8 Å². The van der Waals surface area contributed by atoms with Gasteiger partial charge in [0.1, 0.15) is 5.41 Å². The molecule has 0 saturated heterocycles. The third-order valence-electron chi connectivity index (χ3n) is 4.81. The Kier molecular flexibility index (Phi) is 5.01. The van der Waals surface area contributed by atoms with E-state index < -0.39 is 17.4 Å². The largest absolute Gasteiger partial charge is 0.481 e. The molecule has 0 aromatic heterocycles. The average Bonchev–Trinajstić information content (AvgIpc) is 2.53. The Morgan fingerprint density at radius 2 is 1.68 bits per heavy atom. The van der Waals surface area contributed by atoms with Crippen LogP contribution in [0.2, 0.25) is 0 Å². The fraction of sp³-hybridized carbons (Fsp3) is 0.444. The molecular weight excluding hydrogens is 280 g/mol. The van der Waals surface area contributed by atoms with Crippen molar-refractivity contribution in [2.45, 2.75) is 38.5 Å². The molecule has 1 aliphatic carbocycles. The molecular formula is C18H22O4. The molecule has 0 spiro atoms. The van der Waals surface area contributed by atoms with E-state index in [1.165, 1.54) is 0 Å². The molecule has 22 heavy (non-hydrogen) atoms. The van der Waals surface area contributed by atoms with Gasteiger partial charge in [-0.2, -0.15) is 0 Å². The Balaban J connectivity index is 2.46. The first-order valence-electron chi connectivity index (χ1n) is 7.68. The minimum atomic E-state index is -1.42. The first-order chi connectivity index (χ1) is 10.5. The van der Waals surface area contributed by atoms with E-state index in [2.05, 4.69) is 6.58 Å². The zero-order valence-corrected chi connectivity index (χ0v) is 12.6. The predicted molar refractivity (Wildman–Crippen MR) is 83.6 cm³/mol. The molecule has 2 rings (SSSR count). The van der Waals surface area contributed by atoms with Crippen LogP contribution in [0, 0.1) is 11.3 Å². The molecule has 4 heteroatoms. The van der Waals surface area contributed by atoms with Crippen molar-refractivity contribution < 1.29 is 19.8 Å². The molecule has 1 unspecified atom stereocenters. The van der Waals surface area contributed by atoms with Crippen LogP contribution >= 0.6 is 0 Å². The number of rotatable bonds is 6. The molecule has 1 fully saturated rings. The highest BCUT2D eigenvalue weighted by Gasteiger charge is 2.50. The first-order valence-corrected chi connectivity index (χ1v) is 7.68.